The molecule has 4 rings (SSSR count). The number of nitrogens with zero attached hydrogens (tertiary/aromatic N) is 5. The molecule has 0 fully saturated rings. The van der Waals surface area contributed by atoms with Crippen LogP contribution in [-0.4, -0.2) is 36.3 Å². The minimum atomic E-state index is -0.359. The van der Waals surface area contributed by atoms with Crippen LogP contribution in [0.25, 0.3) is 16.9 Å². The van der Waals surface area contributed by atoms with Crippen LogP contribution in [0.4, 0.5) is 4.39 Å². The maximum atomic E-state index is 13.2. The van der Waals surface area contributed by atoms with E-state index in [1.165, 1.54) is 35.8 Å². The summed E-state index contributed by atoms with van der Waals surface area (Å²) in [6, 6.07) is 5.44. The number of hydrogen-bond donors (Lipinski definition) is 0. The molecule has 138 valence electrons. The van der Waals surface area contributed by atoms with E-state index in [4.69, 9.17) is 0 Å². The third-order valence-corrected chi connectivity index (χ3v) is 5.53. The molecule has 1 aliphatic heterocycles. The Balaban J connectivity index is 1.72. The fraction of sp³-hybridized carbons (Fsp3) is 0.263. The van der Waals surface area contributed by atoms with E-state index in [1.807, 2.05) is 13.8 Å². The minimum Gasteiger partial charge on any atom is -0.329 e. The zero-order chi connectivity index (χ0) is 19.1. The Bertz CT molecular complexity index is 1020. The lowest BCUT2D eigenvalue weighted by atomic mass is 10.1. The number of carbonyl (C=O) groups is 1. The molecule has 0 saturated carbocycles. The van der Waals surface area contributed by atoms with Crippen molar-refractivity contribution in [1.82, 2.24) is 23.8 Å². The van der Waals surface area contributed by atoms with Crippen LogP contribution in [0.15, 0.2) is 30.8 Å². The SMILES string of the molecule is C=Cc1nc(-c2nc(C)ns2)n2c1C(C)N(C(=O)c1ccc(F)cc1)CC2. The van der Waals surface area contributed by atoms with Gasteiger partial charge < -0.3 is 9.47 Å². The van der Waals surface area contributed by atoms with Crippen molar-refractivity contribution in [1.29, 1.82) is 0 Å². The number of halogens is 1. The summed E-state index contributed by atoms with van der Waals surface area (Å²) in [5.41, 5.74) is 2.13. The van der Waals surface area contributed by atoms with Crippen molar-refractivity contribution in [3.8, 4) is 10.8 Å². The van der Waals surface area contributed by atoms with Crippen LogP contribution in [0.2, 0.25) is 0 Å². The highest BCUT2D eigenvalue weighted by molar-refractivity contribution is 7.09. The number of hydrogen-bond acceptors (Lipinski definition) is 5. The Kier molecular flexibility index (Phi) is 4.35. The summed E-state index contributed by atoms with van der Waals surface area (Å²) >= 11 is 1.31. The lowest BCUT2D eigenvalue weighted by Gasteiger charge is -2.35. The summed E-state index contributed by atoms with van der Waals surface area (Å²) in [7, 11) is 0. The van der Waals surface area contributed by atoms with E-state index in [1.54, 1.807) is 11.0 Å². The highest BCUT2D eigenvalue weighted by atomic mass is 32.1. The number of amides is 1. The van der Waals surface area contributed by atoms with Crippen molar-refractivity contribution in [2.75, 3.05) is 6.54 Å². The van der Waals surface area contributed by atoms with Gasteiger partial charge in [0.1, 0.15) is 11.6 Å². The second-order valence-corrected chi connectivity index (χ2v) is 7.14. The number of imidazole rings is 1. The molecule has 2 aromatic heterocycles. The van der Waals surface area contributed by atoms with Crippen molar-refractivity contribution < 1.29 is 9.18 Å². The molecule has 1 amide bonds. The summed E-state index contributed by atoms with van der Waals surface area (Å²) in [5, 5.41) is 0.757. The van der Waals surface area contributed by atoms with E-state index >= 15 is 0 Å². The highest BCUT2D eigenvalue weighted by Crippen LogP contribution is 2.34. The lowest BCUT2D eigenvalue weighted by molar-refractivity contribution is 0.0644. The predicted molar refractivity (Wildman–Crippen MR) is 102 cm³/mol. The highest BCUT2D eigenvalue weighted by Gasteiger charge is 2.33. The molecule has 3 heterocycles. The average molecular weight is 383 g/mol. The molecule has 3 aromatic rings. The Morgan fingerprint density at radius 1 is 1.30 bits per heavy atom. The molecule has 8 heteroatoms. The van der Waals surface area contributed by atoms with Crippen LogP contribution in [0, 0.1) is 12.7 Å². The van der Waals surface area contributed by atoms with E-state index in [0.717, 1.165) is 22.2 Å². The Morgan fingerprint density at radius 3 is 2.67 bits per heavy atom. The molecule has 0 bridgehead atoms. The zero-order valence-electron chi connectivity index (χ0n) is 15.0. The van der Waals surface area contributed by atoms with Crippen LogP contribution >= 0.6 is 11.5 Å². The van der Waals surface area contributed by atoms with E-state index in [2.05, 4.69) is 25.5 Å². The summed E-state index contributed by atoms with van der Waals surface area (Å²) in [6.07, 6.45) is 1.70. The smallest absolute Gasteiger partial charge is 0.254 e. The number of aryl methyl sites for hydroxylation is 1. The van der Waals surface area contributed by atoms with Gasteiger partial charge in [-0.05, 0) is 55.7 Å². The van der Waals surface area contributed by atoms with Gasteiger partial charge in [0.15, 0.2) is 10.8 Å². The Hall–Kier alpha value is -2.87. The largest absolute Gasteiger partial charge is 0.329 e. The summed E-state index contributed by atoms with van der Waals surface area (Å²) in [5.74, 6) is 0.983. The van der Waals surface area contributed by atoms with Gasteiger partial charge in [-0.3, -0.25) is 4.79 Å². The van der Waals surface area contributed by atoms with Crippen molar-refractivity contribution >= 4 is 23.5 Å². The normalized spacial score (nSPS) is 16.3. The number of carbonyl (C=O) groups excluding carboxylic acids is 1. The fourth-order valence-electron chi connectivity index (χ4n) is 3.44. The first-order valence-electron chi connectivity index (χ1n) is 8.59. The van der Waals surface area contributed by atoms with Gasteiger partial charge in [0.25, 0.3) is 5.91 Å². The van der Waals surface area contributed by atoms with Crippen molar-refractivity contribution in [2.45, 2.75) is 26.4 Å². The second-order valence-electron chi connectivity index (χ2n) is 6.39. The first-order valence-corrected chi connectivity index (χ1v) is 9.37. The predicted octanol–water partition coefficient (Wildman–Crippen LogP) is 3.71. The van der Waals surface area contributed by atoms with Crippen LogP contribution in [0.3, 0.4) is 0 Å². The molecule has 1 aromatic carbocycles. The molecule has 0 radical (unpaired) electrons. The summed E-state index contributed by atoms with van der Waals surface area (Å²) in [4.78, 5) is 23.9. The van der Waals surface area contributed by atoms with Crippen molar-refractivity contribution in [2.24, 2.45) is 0 Å². The molecule has 1 unspecified atom stereocenters. The van der Waals surface area contributed by atoms with Gasteiger partial charge in [0.2, 0.25) is 0 Å². The van der Waals surface area contributed by atoms with E-state index in [-0.39, 0.29) is 17.8 Å². The fourth-order valence-corrected chi connectivity index (χ4v) is 4.11. The van der Waals surface area contributed by atoms with E-state index < -0.39 is 0 Å². The molecule has 6 nitrogen and oxygen atoms in total. The number of rotatable bonds is 3. The van der Waals surface area contributed by atoms with E-state index in [0.29, 0.717) is 24.5 Å². The maximum Gasteiger partial charge on any atom is 0.254 e. The van der Waals surface area contributed by atoms with Crippen LogP contribution < -0.4 is 0 Å². The third-order valence-electron chi connectivity index (χ3n) is 4.73. The summed E-state index contributed by atoms with van der Waals surface area (Å²) in [6.45, 7) is 8.81. The average Bonchev–Trinajstić information content (AvgIpc) is 3.26. The molecule has 0 spiro atoms. The van der Waals surface area contributed by atoms with Gasteiger partial charge in [-0.15, -0.1) is 0 Å². The quantitative estimate of drug-likeness (QED) is 0.692. The van der Waals surface area contributed by atoms with Crippen molar-refractivity contribution in [3.63, 3.8) is 0 Å². The van der Waals surface area contributed by atoms with Gasteiger partial charge in [0.05, 0.1) is 17.4 Å². The molecule has 0 saturated heterocycles. The molecule has 0 N–H and O–H groups in total. The molecular weight excluding hydrogens is 365 g/mol. The number of fused-ring (bicyclic) bond motifs is 1. The number of benzene rings is 1. The molecule has 1 aliphatic rings. The Morgan fingerprint density at radius 2 is 2.04 bits per heavy atom. The third kappa shape index (κ3) is 2.95. The minimum absolute atomic E-state index is 0.127. The topological polar surface area (TPSA) is 63.9 Å². The number of aromatic nitrogens is 4. The van der Waals surface area contributed by atoms with E-state index in [9.17, 15) is 9.18 Å². The van der Waals surface area contributed by atoms with Gasteiger partial charge in [-0.25, -0.2) is 14.4 Å². The second kappa shape index (κ2) is 6.70. The first-order chi connectivity index (χ1) is 13.0. The van der Waals surface area contributed by atoms with Crippen LogP contribution in [0.1, 0.15) is 40.5 Å². The summed E-state index contributed by atoms with van der Waals surface area (Å²) < 4.78 is 19.5. The van der Waals surface area contributed by atoms with Crippen molar-refractivity contribution in [3.05, 3.63) is 59.4 Å². The molecular formula is C19H18FN5OS. The molecule has 0 aliphatic carbocycles. The molecule has 27 heavy (non-hydrogen) atoms. The monoisotopic (exact) mass is 383 g/mol. The Labute approximate surface area is 160 Å². The van der Waals surface area contributed by atoms with Crippen LogP contribution in [0.5, 0.6) is 0 Å². The van der Waals surface area contributed by atoms with Gasteiger partial charge >= 0.3 is 0 Å². The molecule has 1 atom stereocenters. The standard InChI is InChI=1S/C19H18FN5OS/c1-4-15-16-11(2)24(19(26)13-5-7-14(20)8-6-13)9-10-25(16)17(22-15)18-21-12(3)23-27-18/h4-8,11H,1,9-10H2,2-3H3. The first kappa shape index (κ1) is 17.5. The maximum absolute atomic E-state index is 13.2. The lowest BCUT2D eigenvalue weighted by Crippen LogP contribution is -2.41. The van der Waals surface area contributed by atoms with Gasteiger partial charge in [-0.1, -0.05) is 6.58 Å². The van der Waals surface area contributed by atoms with Gasteiger partial charge in [0, 0.05) is 18.7 Å². The van der Waals surface area contributed by atoms with Crippen LogP contribution in [-0.2, 0) is 6.54 Å². The zero-order valence-corrected chi connectivity index (χ0v) is 15.8. The van der Waals surface area contributed by atoms with Gasteiger partial charge in [-0.2, -0.15) is 4.37 Å².